The van der Waals surface area contributed by atoms with Crippen molar-refractivity contribution in [3.8, 4) is 0 Å². The summed E-state index contributed by atoms with van der Waals surface area (Å²) in [5.74, 6) is -0.441. The summed E-state index contributed by atoms with van der Waals surface area (Å²) in [6.07, 6.45) is 0. The summed E-state index contributed by atoms with van der Waals surface area (Å²) in [6.45, 7) is 1.59. The highest BCUT2D eigenvalue weighted by Crippen LogP contribution is 2.30. The highest BCUT2D eigenvalue weighted by molar-refractivity contribution is 7.92. The van der Waals surface area contributed by atoms with Crippen LogP contribution in [-0.4, -0.2) is 20.9 Å². The maximum absolute atomic E-state index is 13.3. The molecule has 0 spiro atoms. The van der Waals surface area contributed by atoms with Gasteiger partial charge in [0.15, 0.2) is 0 Å². The van der Waals surface area contributed by atoms with Crippen LogP contribution in [0.15, 0.2) is 77.7 Å². The molecule has 0 saturated heterocycles. The van der Waals surface area contributed by atoms with Crippen LogP contribution in [0.5, 0.6) is 0 Å². The number of carbonyl (C=O) groups is 1. The zero-order valence-corrected chi connectivity index (χ0v) is 18.5. The predicted octanol–water partition coefficient (Wildman–Crippen LogP) is 4.81. The van der Waals surface area contributed by atoms with Gasteiger partial charge in [0.25, 0.3) is 10.0 Å². The minimum absolute atomic E-state index is 0.0925. The number of nitrogens with zero attached hydrogens (tertiary/aromatic N) is 1. The van der Waals surface area contributed by atoms with E-state index in [-0.39, 0.29) is 18.0 Å². The van der Waals surface area contributed by atoms with Crippen molar-refractivity contribution in [1.29, 1.82) is 0 Å². The lowest BCUT2D eigenvalue weighted by molar-refractivity contribution is -0.119. The van der Waals surface area contributed by atoms with Gasteiger partial charge >= 0.3 is 0 Å². The van der Waals surface area contributed by atoms with Crippen molar-refractivity contribution in [2.75, 3.05) is 10.8 Å². The average Bonchev–Trinajstić information content (AvgIpc) is 2.74. The highest BCUT2D eigenvalue weighted by Gasteiger charge is 2.28. The number of halogens is 2. The van der Waals surface area contributed by atoms with Gasteiger partial charge in [-0.2, -0.15) is 0 Å². The Morgan fingerprint density at radius 2 is 1.60 bits per heavy atom. The number of benzene rings is 3. The Bertz CT molecular complexity index is 1130. The van der Waals surface area contributed by atoms with Crippen LogP contribution in [0, 0.1) is 6.92 Å². The summed E-state index contributed by atoms with van der Waals surface area (Å²) >= 11 is 12.1. The lowest BCUT2D eigenvalue weighted by Gasteiger charge is -2.26. The summed E-state index contributed by atoms with van der Waals surface area (Å²) < 4.78 is 27.7. The molecule has 0 radical (unpaired) electrons. The maximum atomic E-state index is 13.3. The molecule has 0 fully saturated rings. The molecule has 30 heavy (non-hydrogen) atoms. The largest absolute Gasteiger partial charge is 0.350 e. The first-order valence-corrected chi connectivity index (χ1v) is 11.3. The lowest BCUT2D eigenvalue weighted by Crippen LogP contribution is -2.41. The molecule has 156 valence electrons. The van der Waals surface area contributed by atoms with Crippen molar-refractivity contribution in [2.24, 2.45) is 0 Å². The molecule has 1 amide bonds. The number of hydrogen-bond acceptors (Lipinski definition) is 3. The summed E-state index contributed by atoms with van der Waals surface area (Å²) in [6, 6.07) is 20.0. The Morgan fingerprint density at radius 1 is 0.933 bits per heavy atom. The Morgan fingerprint density at radius 3 is 2.27 bits per heavy atom. The third-order valence-electron chi connectivity index (χ3n) is 4.53. The molecule has 3 rings (SSSR count). The van der Waals surface area contributed by atoms with Gasteiger partial charge in [0, 0.05) is 16.6 Å². The molecular formula is C22H20Cl2N2O3S. The van der Waals surface area contributed by atoms with Gasteiger partial charge in [-0.05, 0) is 54.4 Å². The van der Waals surface area contributed by atoms with Crippen molar-refractivity contribution < 1.29 is 13.2 Å². The number of hydrogen-bond donors (Lipinski definition) is 1. The standard InChI is InChI=1S/C22H20Cl2N2O3S/c1-16-20(24)8-5-9-21(16)26(30(28,29)19-6-3-2-4-7-19)15-22(27)25-14-17-10-12-18(23)13-11-17/h2-13H,14-15H2,1H3,(H,25,27). The highest BCUT2D eigenvalue weighted by atomic mass is 35.5. The third kappa shape index (κ3) is 5.14. The van der Waals surface area contributed by atoms with Crippen LogP contribution in [0.4, 0.5) is 5.69 Å². The van der Waals surface area contributed by atoms with Gasteiger partial charge in [0.2, 0.25) is 5.91 Å². The quantitative estimate of drug-likeness (QED) is 0.547. The molecule has 8 heteroatoms. The van der Waals surface area contributed by atoms with Gasteiger partial charge in [-0.15, -0.1) is 0 Å². The molecule has 0 saturated carbocycles. The smallest absolute Gasteiger partial charge is 0.264 e. The zero-order valence-electron chi connectivity index (χ0n) is 16.2. The molecule has 0 bridgehead atoms. The van der Waals surface area contributed by atoms with Crippen LogP contribution in [-0.2, 0) is 21.4 Å². The molecule has 3 aromatic rings. The third-order valence-corrected chi connectivity index (χ3v) is 6.96. The van der Waals surface area contributed by atoms with E-state index in [2.05, 4.69) is 5.32 Å². The first-order chi connectivity index (χ1) is 14.3. The molecule has 0 aliphatic carbocycles. The van der Waals surface area contributed by atoms with Crippen molar-refractivity contribution in [3.63, 3.8) is 0 Å². The van der Waals surface area contributed by atoms with Gasteiger partial charge in [0.05, 0.1) is 10.6 Å². The Hall–Kier alpha value is -2.54. The van der Waals surface area contributed by atoms with E-state index in [0.717, 1.165) is 9.87 Å². The Labute approximate surface area is 186 Å². The molecule has 0 unspecified atom stereocenters. The van der Waals surface area contributed by atoms with Gasteiger partial charge in [-0.25, -0.2) is 8.42 Å². The number of anilines is 1. The number of rotatable bonds is 7. The normalized spacial score (nSPS) is 11.2. The first-order valence-electron chi connectivity index (χ1n) is 9.13. The van der Waals surface area contributed by atoms with Crippen LogP contribution in [0.2, 0.25) is 10.0 Å². The van der Waals surface area contributed by atoms with Crippen molar-refractivity contribution in [1.82, 2.24) is 5.32 Å². The van der Waals surface area contributed by atoms with Gasteiger partial charge in [-0.1, -0.05) is 59.6 Å². The fourth-order valence-corrected chi connectivity index (χ4v) is 4.67. The number of sulfonamides is 1. The lowest BCUT2D eigenvalue weighted by atomic mass is 10.2. The zero-order chi connectivity index (χ0) is 21.7. The Balaban J connectivity index is 1.89. The van der Waals surface area contributed by atoms with Gasteiger partial charge in [0.1, 0.15) is 6.54 Å². The molecule has 1 N–H and O–H groups in total. The van der Waals surface area contributed by atoms with Gasteiger partial charge in [-0.3, -0.25) is 9.10 Å². The summed E-state index contributed by atoms with van der Waals surface area (Å²) in [7, 11) is -3.98. The van der Waals surface area contributed by atoms with E-state index in [9.17, 15) is 13.2 Å². The fraction of sp³-hybridized carbons (Fsp3) is 0.136. The maximum Gasteiger partial charge on any atom is 0.264 e. The first kappa shape index (κ1) is 22.2. The molecular weight excluding hydrogens is 443 g/mol. The van der Waals surface area contributed by atoms with Crippen LogP contribution in [0.3, 0.4) is 0 Å². The van der Waals surface area contributed by atoms with Crippen molar-refractivity contribution >= 4 is 44.8 Å². The molecule has 0 aliphatic heterocycles. The number of nitrogens with one attached hydrogen (secondary N) is 1. The molecule has 0 aliphatic rings. The monoisotopic (exact) mass is 462 g/mol. The average molecular weight is 463 g/mol. The molecule has 3 aromatic carbocycles. The Kier molecular flexibility index (Phi) is 7.02. The summed E-state index contributed by atoms with van der Waals surface area (Å²) in [5, 5.41) is 3.77. The topological polar surface area (TPSA) is 66.5 Å². The molecule has 0 aromatic heterocycles. The summed E-state index contributed by atoms with van der Waals surface area (Å²) in [4.78, 5) is 12.8. The second kappa shape index (κ2) is 9.51. The van der Waals surface area contributed by atoms with Crippen LogP contribution in [0.25, 0.3) is 0 Å². The van der Waals surface area contributed by atoms with Crippen molar-refractivity contribution in [2.45, 2.75) is 18.4 Å². The van der Waals surface area contributed by atoms with E-state index in [4.69, 9.17) is 23.2 Å². The number of amides is 1. The molecule has 0 atom stereocenters. The van der Waals surface area contributed by atoms with E-state index in [1.807, 2.05) is 0 Å². The summed E-state index contributed by atoms with van der Waals surface area (Å²) in [5.41, 5.74) is 1.78. The van der Waals surface area contributed by atoms with Crippen LogP contribution in [0.1, 0.15) is 11.1 Å². The van der Waals surface area contributed by atoms with Crippen LogP contribution >= 0.6 is 23.2 Å². The SMILES string of the molecule is Cc1c(Cl)cccc1N(CC(=O)NCc1ccc(Cl)cc1)S(=O)(=O)c1ccccc1. The van der Waals surface area contributed by atoms with E-state index in [1.54, 1.807) is 67.6 Å². The van der Waals surface area contributed by atoms with Crippen LogP contribution < -0.4 is 9.62 Å². The van der Waals surface area contributed by atoms with E-state index < -0.39 is 15.9 Å². The van der Waals surface area contributed by atoms with E-state index in [1.165, 1.54) is 12.1 Å². The fourth-order valence-electron chi connectivity index (χ4n) is 2.87. The van der Waals surface area contributed by atoms with Gasteiger partial charge < -0.3 is 5.32 Å². The number of carbonyl (C=O) groups excluding carboxylic acids is 1. The minimum atomic E-state index is -3.98. The minimum Gasteiger partial charge on any atom is -0.350 e. The second-order valence-corrected chi connectivity index (χ2v) is 9.32. The van der Waals surface area contributed by atoms with E-state index >= 15 is 0 Å². The second-order valence-electron chi connectivity index (χ2n) is 6.61. The molecule has 0 heterocycles. The molecule has 5 nitrogen and oxygen atoms in total. The van der Waals surface area contributed by atoms with E-state index in [0.29, 0.717) is 21.3 Å². The van der Waals surface area contributed by atoms with Crippen molar-refractivity contribution in [3.05, 3.63) is 94.0 Å². The predicted molar refractivity (Wildman–Crippen MR) is 120 cm³/mol.